The fraction of sp³-hybridized carbons (Fsp3) is 0.558. The molecule has 0 aliphatic heterocycles. The Balaban J connectivity index is 4.50. The van der Waals surface area contributed by atoms with Gasteiger partial charge < -0.3 is 14.2 Å². The van der Waals surface area contributed by atoms with Gasteiger partial charge in [-0.2, -0.15) is 0 Å². The molecule has 0 fully saturated rings. The molecule has 0 aliphatic rings. The van der Waals surface area contributed by atoms with Gasteiger partial charge in [0, 0.05) is 12.8 Å². The van der Waals surface area contributed by atoms with Gasteiger partial charge in [-0.05, 0) is 103 Å². The van der Waals surface area contributed by atoms with E-state index >= 15 is 0 Å². The molecule has 0 saturated heterocycles. The van der Waals surface area contributed by atoms with Gasteiger partial charge in [-0.3, -0.25) is 14.4 Å². The van der Waals surface area contributed by atoms with Gasteiger partial charge in [0.15, 0.2) is 6.10 Å². The van der Waals surface area contributed by atoms with Crippen molar-refractivity contribution in [2.75, 3.05) is 13.2 Å². The summed E-state index contributed by atoms with van der Waals surface area (Å²) < 4.78 is 16.5. The van der Waals surface area contributed by atoms with Gasteiger partial charge in [0.25, 0.3) is 0 Å². The average Bonchev–Trinajstić information content (AvgIpc) is 3.22. The lowest BCUT2D eigenvalue weighted by Gasteiger charge is -2.18. The normalized spacial score (nSPS) is 13.2. The van der Waals surface area contributed by atoms with Gasteiger partial charge in [-0.25, -0.2) is 0 Å². The molecule has 1 unspecified atom stereocenters. The second-order valence-corrected chi connectivity index (χ2v) is 14.2. The van der Waals surface area contributed by atoms with Crippen molar-refractivity contribution in [3.63, 3.8) is 0 Å². The number of carbonyl (C=O) groups is 3. The van der Waals surface area contributed by atoms with Crippen LogP contribution in [0, 0.1) is 0 Å². The predicted molar refractivity (Wildman–Crippen MR) is 246 cm³/mol. The summed E-state index contributed by atoms with van der Waals surface area (Å²) >= 11 is 0. The Labute approximate surface area is 354 Å². The molecule has 0 aromatic heterocycles. The summed E-state index contributed by atoms with van der Waals surface area (Å²) in [4.78, 5) is 37.6. The Morgan fingerprint density at radius 1 is 0.362 bits per heavy atom. The molecule has 0 spiro atoms. The van der Waals surface area contributed by atoms with Crippen molar-refractivity contribution < 1.29 is 28.6 Å². The van der Waals surface area contributed by atoms with Crippen LogP contribution in [0.3, 0.4) is 0 Å². The van der Waals surface area contributed by atoms with E-state index in [0.29, 0.717) is 6.42 Å². The molecule has 0 saturated carbocycles. The fourth-order valence-corrected chi connectivity index (χ4v) is 5.45. The van der Waals surface area contributed by atoms with E-state index in [4.69, 9.17) is 14.2 Å². The zero-order chi connectivity index (χ0) is 42.3. The molecule has 0 aliphatic carbocycles. The van der Waals surface area contributed by atoms with Crippen molar-refractivity contribution in [3.05, 3.63) is 122 Å². The summed E-state index contributed by atoms with van der Waals surface area (Å²) in [5.41, 5.74) is 0. The molecule has 6 nitrogen and oxygen atoms in total. The van der Waals surface area contributed by atoms with Gasteiger partial charge in [-0.1, -0.05) is 168 Å². The number of rotatable bonds is 38. The van der Waals surface area contributed by atoms with Gasteiger partial charge >= 0.3 is 17.9 Å². The number of unbranched alkanes of at least 4 members (excludes halogenated alkanes) is 8. The minimum Gasteiger partial charge on any atom is -0.462 e. The summed E-state index contributed by atoms with van der Waals surface area (Å²) in [6, 6.07) is 0. The Bertz CT molecular complexity index is 1290. The Hall–Kier alpha value is -4.19. The van der Waals surface area contributed by atoms with Crippen LogP contribution in [0.15, 0.2) is 122 Å². The topological polar surface area (TPSA) is 78.9 Å². The molecule has 0 radical (unpaired) electrons. The van der Waals surface area contributed by atoms with E-state index in [1.165, 1.54) is 0 Å². The van der Waals surface area contributed by atoms with Crippen molar-refractivity contribution in [2.24, 2.45) is 0 Å². The number of hydrogen-bond donors (Lipinski definition) is 0. The first kappa shape index (κ1) is 53.8. The molecule has 0 rings (SSSR count). The maximum atomic E-state index is 12.7. The lowest BCUT2D eigenvalue weighted by atomic mass is 10.1. The minimum absolute atomic E-state index is 0.120. The molecule has 0 amide bonds. The second-order valence-electron chi connectivity index (χ2n) is 14.2. The molecule has 0 bridgehead atoms. The average molecular weight is 801 g/mol. The van der Waals surface area contributed by atoms with Crippen molar-refractivity contribution >= 4 is 17.9 Å². The van der Waals surface area contributed by atoms with Crippen LogP contribution in [0.2, 0.25) is 0 Å². The SMILES string of the molecule is CC/C=C\C/C=C\C/C=C\C/C=C\C/C=C\CCCCCC(=O)OCC(COC(=O)C/C=C\C/C=C\C/C=C\CC)OC(=O)CCCCCCC/C=C\C/C=C\CC. The smallest absolute Gasteiger partial charge is 0.309 e. The highest BCUT2D eigenvalue weighted by atomic mass is 16.6. The van der Waals surface area contributed by atoms with Crippen molar-refractivity contribution in [1.29, 1.82) is 0 Å². The van der Waals surface area contributed by atoms with E-state index in [0.717, 1.165) is 128 Å². The predicted octanol–water partition coefficient (Wildman–Crippen LogP) is 14.6. The van der Waals surface area contributed by atoms with E-state index in [1.54, 1.807) is 6.08 Å². The molecular formula is C52H80O6. The zero-order valence-corrected chi connectivity index (χ0v) is 36.8. The van der Waals surface area contributed by atoms with Gasteiger partial charge in [0.1, 0.15) is 13.2 Å². The zero-order valence-electron chi connectivity index (χ0n) is 36.8. The van der Waals surface area contributed by atoms with Crippen LogP contribution in [0.25, 0.3) is 0 Å². The van der Waals surface area contributed by atoms with Crippen molar-refractivity contribution in [2.45, 2.75) is 175 Å². The Kier molecular flexibility index (Phi) is 42.2. The lowest BCUT2D eigenvalue weighted by Crippen LogP contribution is -2.30. The number of hydrogen-bond acceptors (Lipinski definition) is 6. The fourth-order valence-electron chi connectivity index (χ4n) is 5.45. The molecule has 1 atom stereocenters. The van der Waals surface area contributed by atoms with Crippen molar-refractivity contribution in [1.82, 2.24) is 0 Å². The van der Waals surface area contributed by atoms with E-state index in [2.05, 4.69) is 130 Å². The Morgan fingerprint density at radius 2 is 0.690 bits per heavy atom. The van der Waals surface area contributed by atoms with Gasteiger partial charge in [0.05, 0.1) is 6.42 Å². The maximum absolute atomic E-state index is 12.7. The van der Waals surface area contributed by atoms with Gasteiger partial charge in [-0.15, -0.1) is 0 Å². The van der Waals surface area contributed by atoms with E-state index < -0.39 is 12.1 Å². The molecule has 0 aromatic carbocycles. The van der Waals surface area contributed by atoms with E-state index in [9.17, 15) is 14.4 Å². The molecule has 58 heavy (non-hydrogen) atoms. The highest BCUT2D eigenvalue weighted by Gasteiger charge is 2.19. The summed E-state index contributed by atoms with van der Waals surface area (Å²) in [5.74, 6) is -1.12. The van der Waals surface area contributed by atoms with E-state index in [-0.39, 0.29) is 38.0 Å². The number of carbonyl (C=O) groups excluding carboxylic acids is 3. The third kappa shape index (κ3) is 42.9. The Morgan fingerprint density at radius 3 is 1.14 bits per heavy atom. The molecule has 0 N–H and O–H groups in total. The van der Waals surface area contributed by atoms with Crippen LogP contribution >= 0.6 is 0 Å². The summed E-state index contributed by atoms with van der Waals surface area (Å²) in [6.07, 6.45) is 62.2. The minimum atomic E-state index is -0.835. The number of allylic oxidation sites excluding steroid dienone is 19. The summed E-state index contributed by atoms with van der Waals surface area (Å²) in [5, 5.41) is 0. The molecule has 0 aromatic rings. The first-order valence-electron chi connectivity index (χ1n) is 22.5. The van der Waals surface area contributed by atoms with Gasteiger partial charge in [0.2, 0.25) is 0 Å². The maximum Gasteiger partial charge on any atom is 0.309 e. The number of ether oxygens (including phenoxy) is 3. The highest BCUT2D eigenvalue weighted by molar-refractivity contribution is 5.72. The second kappa shape index (κ2) is 45.5. The van der Waals surface area contributed by atoms with Crippen LogP contribution in [0.5, 0.6) is 0 Å². The molecular weight excluding hydrogens is 721 g/mol. The van der Waals surface area contributed by atoms with Crippen LogP contribution < -0.4 is 0 Å². The van der Waals surface area contributed by atoms with Crippen LogP contribution in [-0.4, -0.2) is 37.2 Å². The summed E-state index contributed by atoms with van der Waals surface area (Å²) in [7, 11) is 0. The summed E-state index contributed by atoms with van der Waals surface area (Å²) in [6.45, 7) is 6.11. The van der Waals surface area contributed by atoms with Crippen LogP contribution in [-0.2, 0) is 28.6 Å². The molecule has 324 valence electrons. The number of esters is 3. The lowest BCUT2D eigenvalue weighted by molar-refractivity contribution is -0.166. The largest absolute Gasteiger partial charge is 0.462 e. The van der Waals surface area contributed by atoms with E-state index in [1.807, 2.05) is 6.08 Å². The third-order valence-corrected chi connectivity index (χ3v) is 8.73. The van der Waals surface area contributed by atoms with Crippen LogP contribution in [0.1, 0.15) is 168 Å². The first-order chi connectivity index (χ1) is 28.5. The van der Waals surface area contributed by atoms with Crippen molar-refractivity contribution in [3.8, 4) is 0 Å². The van der Waals surface area contributed by atoms with Crippen LogP contribution in [0.4, 0.5) is 0 Å². The standard InChI is InChI=1S/C52H80O6/c1-4-7-10-13-16-19-21-23-24-25-26-27-28-29-31-33-36-39-42-45-51(54)57-48-49(47-56-50(53)44-41-38-35-32-18-15-12-9-6-3)58-52(55)46-43-40-37-34-30-22-20-17-14-11-8-5-2/h7-12,16-20,23-24,26-27,29,31-32,38,41,49H,4-6,13-15,21-22,25,28,30,33-37,39-40,42-48H2,1-3H3/b10-7-,11-8-,12-9-,19-16-,20-17-,24-23-,27-26-,31-29-,32-18-,41-38-. The monoisotopic (exact) mass is 801 g/mol. The molecule has 6 heteroatoms. The molecule has 0 heterocycles. The highest BCUT2D eigenvalue weighted by Crippen LogP contribution is 2.11. The third-order valence-electron chi connectivity index (χ3n) is 8.73. The quantitative estimate of drug-likeness (QED) is 0.0268. The first-order valence-corrected chi connectivity index (χ1v) is 22.5.